The van der Waals surface area contributed by atoms with Gasteiger partial charge in [0.05, 0.1) is 0 Å². The van der Waals surface area contributed by atoms with Crippen molar-refractivity contribution in [3.63, 3.8) is 0 Å². The van der Waals surface area contributed by atoms with Crippen LogP contribution in [0.15, 0.2) is 36.4 Å². The van der Waals surface area contributed by atoms with Gasteiger partial charge in [-0.25, -0.2) is 4.79 Å². The van der Waals surface area contributed by atoms with E-state index in [-0.39, 0.29) is 0 Å². The van der Waals surface area contributed by atoms with Crippen LogP contribution < -0.4 is 0 Å². The summed E-state index contributed by atoms with van der Waals surface area (Å²) in [7, 11) is 0. The molecule has 0 aliphatic heterocycles. The summed E-state index contributed by atoms with van der Waals surface area (Å²) in [6, 6.07) is 7.69. The van der Waals surface area contributed by atoms with Crippen molar-refractivity contribution in [1.29, 1.82) is 0 Å². The fourth-order valence-corrected chi connectivity index (χ4v) is 1.51. The second-order valence-electron chi connectivity index (χ2n) is 3.18. The molecule has 0 unspecified atom stereocenters. The Labute approximate surface area is 103 Å². The van der Waals surface area contributed by atoms with Crippen LogP contribution in [0.4, 0.5) is 0 Å². The molecule has 1 rings (SSSR count). The van der Waals surface area contributed by atoms with Crippen LogP contribution in [0.3, 0.4) is 0 Å². The van der Waals surface area contributed by atoms with Gasteiger partial charge in [0.1, 0.15) is 0 Å². The molecule has 3 heteroatoms. The molecule has 0 saturated heterocycles. The Bertz CT molecular complexity index is 408. The topological polar surface area (TPSA) is 37.3 Å². The Hall–Kier alpha value is -1.35. The lowest BCUT2D eigenvalue weighted by Crippen LogP contribution is -1.87. The van der Waals surface area contributed by atoms with Gasteiger partial charge >= 0.3 is 5.97 Å². The van der Waals surface area contributed by atoms with Crippen molar-refractivity contribution in [2.45, 2.75) is 6.42 Å². The zero-order valence-corrected chi connectivity index (χ0v) is 10.4. The summed E-state index contributed by atoms with van der Waals surface area (Å²) < 4.78 is 0. The first-order valence-corrected chi connectivity index (χ1v) is 6.08. The molecule has 1 aromatic rings. The zero-order valence-electron chi connectivity index (χ0n) is 8.77. The molecule has 16 heavy (non-hydrogen) atoms. The number of carbonyl (C=O) groups is 1. The predicted octanol–water partition coefficient (Wildman–Crippen LogP) is 3.58. The van der Waals surface area contributed by atoms with Gasteiger partial charge in [-0.15, -0.1) is 0 Å². The Morgan fingerprint density at radius 1 is 1.25 bits per heavy atom. The van der Waals surface area contributed by atoms with Gasteiger partial charge < -0.3 is 5.11 Å². The lowest BCUT2D eigenvalue weighted by Gasteiger charge is -1.99. The largest absolute Gasteiger partial charge is 0.478 e. The summed E-state index contributed by atoms with van der Waals surface area (Å²) in [5.41, 5.74) is 1.94. The highest BCUT2D eigenvalue weighted by Crippen LogP contribution is 2.13. The van der Waals surface area contributed by atoms with Crippen molar-refractivity contribution in [2.75, 3.05) is 5.33 Å². The third kappa shape index (κ3) is 4.45. The Balaban J connectivity index is 2.87. The van der Waals surface area contributed by atoms with Crippen LogP contribution >= 0.6 is 15.9 Å². The fourth-order valence-electron chi connectivity index (χ4n) is 1.25. The maximum absolute atomic E-state index is 10.4. The maximum Gasteiger partial charge on any atom is 0.328 e. The first-order valence-electron chi connectivity index (χ1n) is 4.96. The summed E-state index contributed by atoms with van der Waals surface area (Å²) in [6.07, 6.45) is 7.77. The van der Waals surface area contributed by atoms with Gasteiger partial charge in [0.2, 0.25) is 0 Å². The number of allylic oxidation sites excluding steroid dienone is 1. The Morgan fingerprint density at radius 3 is 2.44 bits per heavy atom. The molecule has 0 aromatic heterocycles. The highest BCUT2D eigenvalue weighted by atomic mass is 79.9. The number of halogens is 1. The molecular weight excluding hydrogens is 268 g/mol. The van der Waals surface area contributed by atoms with E-state index in [1.165, 1.54) is 0 Å². The first kappa shape index (κ1) is 12.7. The van der Waals surface area contributed by atoms with Crippen molar-refractivity contribution in [3.8, 4) is 0 Å². The summed E-state index contributed by atoms with van der Waals surface area (Å²) >= 11 is 3.35. The molecule has 0 heterocycles. The van der Waals surface area contributed by atoms with Gasteiger partial charge in [0, 0.05) is 11.4 Å². The van der Waals surface area contributed by atoms with Crippen molar-refractivity contribution in [1.82, 2.24) is 0 Å². The molecule has 2 nitrogen and oxygen atoms in total. The monoisotopic (exact) mass is 280 g/mol. The molecule has 0 atom stereocenters. The van der Waals surface area contributed by atoms with Gasteiger partial charge in [0.15, 0.2) is 0 Å². The number of carboxylic acid groups (broad SMARTS) is 1. The fraction of sp³-hybridized carbons (Fsp3) is 0.154. The van der Waals surface area contributed by atoms with Gasteiger partial charge in [0.25, 0.3) is 0 Å². The maximum atomic E-state index is 10.4. The molecule has 84 valence electrons. The van der Waals surface area contributed by atoms with E-state index in [4.69, 9.17) is 5.11 Å². The highest BCUT2D eigenvalue weighted by molar-refractivity contribution is 9.09. The van der Waals surface area contributed by atoms with Crippen molar-refractivity contribution < 1.29 is 9.90 Å². The number of benzene rings is 1. The Morgan fingerprint density at radius 2 is 1.88 bits per heavy atom. The standard InChI is InChI=1S/C13H13BrO2/c14-10-4-3-7-11-5-1-2-6-12(11)8-9-13(15)16/h1-3,5-9H,4,10H2,(H,15,16)/b7-3?,9-8+. The van der Waals surface area contributed by atoms with Crippen LogP contribution in [0.2, 0.25) is 0 Å². The predicted molar refractivity (Wildman–Crippen MR) is 70.6 cm³/mol. The number of carboxylic acids is 1. The molecule has 0 radical (unpaired) electrons. The minimum atomic E-state index is -0.931. The van der Waals surface area contributed by atoms with Gasteiger partial charge in [-0.3, -0.25) is 0 Å². The van der Waals surface area contributed by atoms with E-state index in [2.05, 4.69) is 22.0 Å². The minimum absolute atomic E-state index is 0.913. The van der Waals surface area contributed by atoms with Crippen molar-refractivity contribution >= 4 is 34.1 Å². The van der Waals surface area contributed by atoms with Crippen LogP contribution in [0, 0.1) is 0 Å². The third-order valence-corrected chi connectivity index (χ3v) is 2.43. The third-order valence-electron chi connectivity index (χ3n) is 1.97. The minimum Gasteiger partial charge on any atom is -0.478 e. The quantitative estimate of drug-likeness (QED) is 0.661. The normalized spacial score (nSPS) is 11.3. The molecule has 0 fully saturated rings. The van der Waals surface area contributed by atoms with Gasteiger partial charge in [-0.1, -0.05) is 52.3 Å². The lowest BCUT2D eigenvalue weighted by atomic mass is 10.1. The van der Waals surface area contributed by atoms with Gasteiger partial charge in [-0.2, -0.15) is 0 Å². The number of hydrogen-bond acceptors (Lipinski definition) is 1. The van der Waals surface area contributed by atoms with Crippen molar-refractivity contribution in [3.05, 3.63) is 47.5 Å². The average Bonchev–Trinajstić information content (AvgIpc) is 2.28. The summed E-state index contributed by atoms with van der Waals surface area (Å²) in [5, 5.41) is 9.50. The number of rotatable bonds is 5. The summed E-state index contributed by atoms with van der Waals surface area (Å²) in [5.74, 6) is -0.931. The van der Waals surface area contributed by atoms with E-state index < -0.39 is 5.97 Å². The highest BCUT2D eigenvalue weighted by Gasteiger charge is 1.95. The van der Waals surface area contributed by atoms with Crippen LogP contribution in [0.25, 0.3) is 12.2 Å². The van der Waals surface area contributed by atoms with Gasteiger partial charge in [-0.05, 0) is 23.6 Å². The number of aliphatic carboxylic acids is 1. The van der Waals surface area contributed by atoms with E-state index in [0.717, 1.165) is 29.0 Å². The number of hydrogen-bond donors (Lipinski definition) is 1. The molecule has 0 spiro atoms. The van der Waals surface area contributed by atoms with Crippen molar-refractivity contribution in [2.24, 2.45) is 0 Å². The zero-order chi connectivity index (χ0) is 11.8. The van der Waals surface area contributed by atoms with E-state index in [0.29, 0.717) is 0 Å². The lowest BCUT2D eigenvalue weighted by molar-refractivity contribution is -0.131. The van der Waals surface area contributed by atoms with Crippen LogP contribution in [-0.2, 0) is 4.79 Å². The SMILES string of the molecule is O=C(O)/C=C/c1ccccc1C=CCCBr. The van der Waals surface area contributed by atoms with E-state index >= 15 is 0 Å². The molecule has 0 saturated carbocycles. The Kier molecular flexibility index (Phi) is 5.57. The molecular formula is C13H13BrO2. The van der Waals surface area contributed by atoms with E-state index in [1.54, 1.807) is 6.08 Å². The van der Waals surface area contributed by atoms with E-state index in [9.17, 15) is 4.79 Å². The molecule has 0 amide bonds. The van der Waals surface area contributed by atoms with Crippen LogP contribution in [0.1, 0.15) is 17.5 Å². The van der Waals surface area contributed by atoms with Crippen LogP contribution in [0.5, 0.6) is 0 Å². The average molecular weight is 281 g/mol. The summed E-state index contributed by atoms with van der Waals surface area (Å²) in [6.45, 7) is 0. The summed E-state index contributed by atoms with van der Waals surface area (Å²) in [4.78, 5) is 10.4. The molecule has 0 aliphatic rings. The second-order valence-corrected chi connectivity index (χ2v) is 3.97. The molecule has 0 aliphatic carbocycles. The first-order chi connectivity index (χ1) is 7.74. The number of alkyl halides is 1. The molecule has 1 aromatic carbocycles. The smallest absolute Gasteiger partial charge is 0.328 e. The van der Waals surface area contributed by atoms with E-state index in [1.807, 2.05) is 30.3 Å². The van der Waals surface area contributed by atoms with Crippen LogP contribution in [-0.4, -0.2) is 16.4 Å². The second kappa shape index (κ2) is 7.01. The molecule has 0 bridgehead atoms. The molecule has 1 N–H and O–H groups in total.